The highest BCUT2D eigenvalue weighted by molar-refractivity contribution is 9.10. The van der Waals surface area contributed by atoms with E-state index in [1.165, 1.54) is 4.90 Å². The molecule has 0 radical (unpaired) electrons. The molecule has 32 heavy (non-hydrogen) atoms. The number of rotatable bonds is 4. The molecular weight excluding hydrogens is 468 g/mol. The first-order valence-corrected chi connectivity index (χ1v) is 11.2. The third-order valence-electron chi connectivity index (χ3n) is 5.74. The summed E-state index contributed by atoms with van der Waals surface area (Å²) in [5.41, 5.74) is 3.89. The molecule has 1 amide bonds. The molecule has 2 heterocycles. The van der Waals surface area contributed by atoms with Gasteiger partial charge in [-0.15, -0.1) is 0 Å². The van der Waals surface area contributed by atoms with Gasteiger partial charge in [0.2, 0.25) is 0 Å². The van der Waals surface area contributed by atoms with Gasteiger partial charge < -0.3 is 5.11 Å². The highest BCUT2D eigenvalue weighted by atomic mass is 79.9. The zero-order valence-corrected chi connectivity index (χ0v) is 19.6. The number of benzene rings is 2. The molecule has 5 nitrogen and oxygen atoms in total. The fraction of sp³-hybridized carbons (Fsp3) is 0.192. The number of aryl methyl sites for hydroxylation is 1. The molecular formula is C26H23BrN2O3. The van der Waals surface area contributed by atoms with Crippen molar-refractivity contribution >= 4 is 39.1 Å². The lowest BCUT2D eigenvalue weighted by atomic mass is 9.95. The molecule has 0 bridgehead atoms. The van der Waals surface area contributed by atoms with Gasteiger partial charge in [-0.2, -0.15) is 0 Å². The second-order valence-corrected chi connectivity index (χ2v) is 9.01. The summed E-state index contributed by atoms with van der Waals surface area (Å²) in [4.78, 5) is 31.9. The second kappa shape index (κ2) is 8.71. The topological polar surface area (TPSA) is 70.5 Å². The fourth-order valence-corrected chi connectivity index (χ4v) is 4.17. The number of carbonyl (C=O) groups is 2. The van der Waals surface area contributed by atoms with Gasteiger partial charge >= 0.3 is 0 Å². The molecule has 1 atom stereocenters. The molecule has 4 rings (SSSR count). The fourth-order valence-electron chi connectivity index (χ4n) is 3.93. The number of ketones is 1. The number of aliphatic hydroxyl groups excluding tert-OH is 1. The van der Waals surface area contributed by atoms with Gasteiger partial charge in [0.25, 0.3) is 11.7 Å². The van der Waals surface area contributed by atoms with Crippen LogP contribution in [-0.4, -0.2) is 21.8 Å². The van der Waals surface area contributed by atoms with Crippen LogP contribution in [0.1, 0.15) is 48.1 Å². The van der Waals surface area contributed by atoms with E-state index in [9.17, 15) is 14.7 Å². The molecule has 162 valence electrons. The number of aliphatic hydroxyl groups is 1. The molecule has 0 spiro atoms. The molecule has 0 saturated carbocycles. The lowest BCUT2D eigenvalue weighted by Crippen LogP contribution is -2.29. The Bertz CT molecular complexity index is 1220. The highest BCUT2D eigenvalue weighted by Crippen LogP contribution is 2.42. The summed E-state index contributed by atoms with van der Waals surface area (Å²) in [7, 11) is 0. The maximum atomic E-state index is 13.2. The van der Waals surface area contributed by atoms with Gasteiger partial charge in [-0.1, -0.05) is 48.0 Å². The van der Waals surface area contributed by atoms with Crippen molar-refractivity contribution in [2.75, 3.05) is 4.90 Å². The van der Waals surface area contributed by atoms with Gasteiger partial charge in [-0.05, 0) is 65.9 Å². The zero-order valence-electron chi connectivity index (χ0n) is 18.0. The molecule has 1 N–H and O–H groups in total. The van der Waals surface area contributed by atoms with Crippen molar-refractivity contribution in [1.82, 2.24) is 4.98 Å². The van der Waals surface area contributed by atoms with Gasteiger partial charge in [0.05, 0.1) is 11.6 Å². The molecule has 1 aliphatic heterocycles. The SMILES string of the molecule is Cc1cc(/C(O)=C2/C(=O)C(=O)N(c3ccc(C(C)C)cc3)C2c2ccncc2)ccc1Br. The van der Waals surface area contributed by atoms with Crippen LogP contribution < -0.4 is 4.90 Å². The van der Waals surface area contributed by atoms with Crippen LogP contribution in [0.2, 0.25) is 0 Å². The predicted octanol–water partition coefficient (Wildman–Crippen LogP) is 5.90. The number of carbonyl (C=O) groups excluding carboxylic acids is 2. The first-order chi connectivity index (χ1) is 15.3. The van der Waals surface area contributed by atoms with Crippen LogP contribution in [0.25, 0.3) is 5.76 Å². The molecule has 1 aliphatic rings. The third-order valence-corrected chi connectivity index (χ3v) is 6.63. The summed E-state index contributed by atoms with van der Waals surface area (Å²) in [5.74, 6) is -1.23. The Labute approximate surface area is 195 Å². The van der Waals surface area contributed by atoms with Crippen molar-refractivity contribution in [2.45, 2.75) is 32.7 Å². The normalized spacial score (nSPS) is 17.9. The van der Waals surface area contributed by atoms with Crippen molar-refractivity contribution in [3.63, 3.8) is 0 Å². The molecule has 1 unspecified atom stereocenters. The van der Waals surface area contributed by atoms with Crippen LogP contribution in [0.5, 0.6) is 0 Å². The van der Waals surface area contributed by atoms with Gasteiger partial charge in [-0.3, -0.25) is 19.5 Å². The molecule has 1 fully saturated rings. The average molecular weight is 491 g/mol. The Morgan fingerprint density at radius 1 is 1.03 bits per heavy atom. The van der Waals surface area contributed by atoms with Gasteiger partial charge in [0, 0.05) is 28.1 Å². The Morgan fingerprint density at radius 3 is 2.28 bits per heavy atom. The smallest absolute Gasteiger partial charge is 0.300 e. The largest absolute Gasteiger partial charge is 0.507 e. The molecule has 0 aliphatic carbocycles. The van der Waals surface area contributed by atoms with E-state index < -0.39 is 17.7 Å². The lowest BCUT2D eigenvalue weighted by Gasteiger charge is -2.25. The molecule has 1 aromatic heterocycles. The van der Waals surface area contributed by atoms with Crippen molar-refractivity contribution in [2.24, 2.45) is 0 Å². The number of anilines is 1. The maximum Gasteiger partial charge on any atom is 0.300 e. The van der Waals surface area contributed by atoms with E-state index in [4.69, 9.17) is 0 Å². The number of Topliss-reactive ketones (excluding diaryl/α,β-unsaturated/α-hetero) is 1. The molecule has 6 heteroatoms. The minimum absolute atomic E-state index is 0.0656. The van der Waals surface area contributed by atoms with Crippen LogP contribution in [0.4, 0.5) is 5.69 Å². The Kier molecular flexibility index (Phi) is 5.98. The summed E-state index contributed by atoms with van der Waals surface area (Å²) < 4.78 is 0.894. The molecule has 1 saturated heterocycles. The summed E-state index contributed by atoms with van der Waals surface area (Å²) in [6.45, 7) is 6.09. The number of amides is 1. The van der Waals surface area contributed by atoms with Crippen LogP contribution in [-0.2, 0) is 9.59 Å². The van der Waals surface area contributed by atoms with Crippen LogP contribution in [0, 0.1) is 6.92 Å². The minimum atomic E-state index is -0.758. The summed E-state index contributed by atoms with van der Waals surface area (Å²) in [5, 5.41) is 11.2. The monoisotopic (exact) mass is 490 g/mol. The summed E-state index contributed by atoms with van der Waals surface area (Å²) >= 11 is 3.45. The summed E-state index contributed by atoms with van der Waals surface area (Å²) in [6.07, 6.45) is 3.22. The standard InChI is InChI=1S/C26H23BrN2O3/c1-15(2)17-4-7-20(8-5-17)29-23(18-10-12-28-13-11-18)22(25(31)26(29)32)24(30)19-6-9-21(27)16(3)14-19/h4-15,23,30H,1-3H3/b24-22-. The van der Waals surface area contributed by atoms with Crippen molar-refractivity contribution in [1.29, 1.82) is 0 Å². The minimum Gasteiger partial charge on any atom is -0.507 e. The third kappa shape index (κ3) is 3.86. The van der Waals surface area contributed by atoms with E-state index in [2.05, 4.69) is 34.8 Å². The van der Waals surface area contributed by atoms with E-state index in [1.807, 2.05) is 37.3 Å². The highest BCUT2D eigenvalue weighted by Gasteiger charge is 2.47. The summed E-state index contributed by atoms with van der Waals surface area (Å²) in [6, 6.07) is 15.7. The number of hydrogen-bond acceptors (Lipinski definition) is 4. The number of hydrogen-bond donors (Lipinski definition) is 1. The van der Waals surface area contributed by atoms with Crippen LogP contribution >= 0.6 is 15.9 Å². The van der Waals surface area contributed by atoms with Gasteiger partial charge in [0.1, 0.15) is 5.76 Å². The van der Waals surface area contributed by atoms with E-state index in [-0.39, 0.29) is 11.3 Å². The Hall–Kier alpha value is -3.25. The van der Waals surface area contributed by atoms with E-state index in [0.29, 0.717) is 22.7 Å². The van der Waals surface area contributed by atoms with Crippen molar-refractivity contribution < 1.29 is 14.7 Å². The number of nitrogens with zero attached hydrogens (tertiary/aromatic N) is 2. The average Bonchev–Trinajstić information content (AvgIpc) is 3.06. The quantitative estimate of drug-likeness (QED) is 0.280. The van der Waals surface area contributed by atoms with Gasteiger partial charge in [-0.25, -0.2) is 0 Å². The molecule has 3 aromatic rings. The number of halogens is 1. The Morgan fingerprint density at radius 2 is 1.69 bits per heavy atom. The first-order valence-electron chi connectivity index (χ1n) is 10.4. The predicted molar refractivity (Wildman–Crippen MR) is 128 cm³/mol. The van der Waals surface area contributed by atoms with Gasteiger partial charge in [0.15, 0.2) is 0 Å². The van der Waals surface area contributed by atoms with E-state index >= 15 is 0 Å². The van der Waals surface area contributed by atoms with E-state index in [0.717, 1.165) is 15.6 Å². The maximum absolute atomic E-state index is 13.2. The lowest BCUT2D eigenvalue weighted by molar-refractivity contribution is -0.132. The van der Waals surface area contributed by atoms with E-state index in [1.54, 1.807) is 36.7 Å². The number of aromatic nitrogens is 1. The Balaban J connectivity index is 1.90. The molecule has 2 aromatic carbocycles. The first kappa shape index (κ1) is 22.0. The second-order valence-electron chi connectivity index (χ2n) is 8.16. The van der Waals surface area contributed by atoms with Crippen LogP contribution in [0.15, 0.2) is 77.0 Å². The zero-order chi connectivity index (χ0) is 23.0. The van der Waals surface area contributed by atoms with Crippen molar-refractivity contribution in [3.8, 4) is 0 Å². The van der Waals surface area contributed by atoms with Crippen molar-refractivity contribution in [3.05, 3.63) is 99.3 Å². The number of pyridine rings is 1. The van der Waals surface area contributed by atoms with Crippen LogP contribution in [0.3, 0.4) is 0 Å².